The summed E-state index contributed by atoms with van der Waals surface area (Å²) in [6.45, 7) is 1.55. The molecule has 1 aliphatic heterocycles. The number of carbonyl (C=O) groups is 1. The molecule has 1 aliphatic rings. The lowest BCUT2D eigenvalue weighted by molar-refractivity contribution is -0.0249. The number of nitrogens with zero attached hydrogens (tertiary/aromatic N) is 5. The van der Waals surface area contributed by atoms with Crippen molar-refractivity contribution in [2.75, 3.05) is 38.7 Å². The minimum absolute atomic E-state index is 0.0149. The molecule has 0 aromatic carbocycles. The molecule has 0 N–H and O–H groups in total. The van der Waals surface area contributed by atoms with Crippen LogP contribution in [0.1, 0.15) is 22.3 Å². The van der Waals surface area contributed by atoms with Crippen LogP contribution >= 0.6 is 0 Å². The number of carbonyl (C=O) groups excluding carboxylic acids is 1. The predicted octanol–water partition coefficient (Wildman–Crippen LogP) is 1.09. The molecule has 3 heterocycles. The van der Waals surface area contributed by atoms with E-state index < -0.39 is 0 Å². The molecule has 1 fully saturated rings. The van der Waals surface area contributed by atoms with Crippen LogP contribution < -0.4 is 4.90 Å². The maximum atomic E-state index is 12.7. The fourth-order valence-electron chi connectivity index (χ4n) is 2.76. The topological polar surface area (TPSA) is 63.5 Å². The smallest absolute Gasteiger partial charge is 0.270 e. The zero-order chi connectivity index (χ0) is 16.4. The summed E-state index contributed by atoms with van der Waals surface area (Å²) in [6.07, 6.45) is 4.93. The first-order chi connectivity index (χ1) is 11.1. The fourth-order valence-corrected chi connectivity index (χ4v) is 2.76. The Balaban J connectivity index is 1.82. The predicted molar refractivity (Wildman–Crippen MR) is 86.4 cm³/mol. The van der Waals surface area contributed by atoms with Gasteiger partial charge in [-0.15, -0.1) is 0 Å². The normalized spacial score (nSPS) is 18.0. The molecule has 7 nitrogen and oxygen atoms in total. The van der Waals surface area contributed by atoms with Crippen LogP contribution in [0.2, 0.25) is 0 Å². The third-order valence-electron chi connectivity index (χ3n) is 3.95. The first-order valence-electron chi connectivity index (χ1n) is 7.58. The van der Waals surface area contributed by atoms with Gasteiger partial charge in [-0.1, -0.05) is 0 Å². The summed E-state index contributed by atoms with van der Waals surface area (Å²) >= 11 is 0. The van der Waals surface area contributed by atoms with Gasteiger partial charge < -0.3 is 19.1 Å². The molecule has 1 unspecified atom stereocenters. The largest absolute Gasteiger partial charge is 0.368 e. The number of morpholine rings is 1. The van der Waals surface area contributed by atoms with E-state index in [9.17, 15) is 4.79 Å². The maximum Gasteiger partial charge on any atom is 0.270 e. The van der Waals surface area contributed by atoms with Crippen LogP contribution in [0.25, 0.3) is 0 Å². The number of hydrogen-bond donors (Lipinski definition) is 0. The van der Waals surface area contributed by atoms with Crippen molar-refractivity contribution in [2.45, 2.75) is 6.10 Å². The Labute approximate surface area is 135 Å². The number of ether oxygens (including phenoxy) is 1. The van der Waals surface area contributed by atoms with Gasteiger partial charge in [-0.3, -0.25) is 9.78 Å². The van der Waals surface area contributed by atoms with E-state index in [4.69, 9.17) is 4.74 Å². The summed E-state index contributed by atoms with van der Waals surface area (Å²) in [5.74, 6) is 0.784. The SMILES string of the molecule is CN(C)c1nccnc1C1CN(C(=O)c2cccn2C)CCO1. The highest BCUT2D eigenvalue weighted by molar-refractivity contribution is 5.92. The van der Waals surface area contributed by atoms with Crippen molar-refractivity contribution in [1.82, 2.24) is 19.4 Å². The molecular formula is C16H21N5O2. The minimum Gasteiger partial charge on any atom is -0.368 e. The van der Waals surface area contributed by atoms with Crippen LogP contribution in [-0.2, 0) is 11.8 Å². The van der Waals surface area contributed by atoms with Crippen molar-refractivity contribution in [3.05, 3.63) is 42.1 Å². The average molecular weight is 315 g/mol. The van der Waals surface area contributed by atoms with E-state index in [1.165, 1.54) is 0 Å². The first kappa shape index (κ1) is 15.5. The molecule has 1 amide bonds. The number of rotatable bonds is 3. The molecule has 7 heteroatoms. The van der Waals surface area contributed by atoms with Gasteiger partial charge in [-0.05, 0) is 12.1 Å². The molecule has 2 aromatic rings. The third-order valence-corrected chi connectivity index (χ3v) is 3.95. The highest BCUT2D eigenvalue weighted by Gasteiger charge is 2.30. The van der Waals surface area contributed by atoms with Gasteiger partial charge in [0.2, 0.25) is 0 Å². The Morgan fingerprint density at radius 3 is 2.83 bits per heavy atom. The highest BCUT2D eigenvalue weighted by Crippen LogP contribution is 2.27. The molecule has 1 atom stereocenters. The Bertz CT molecular complexity index is 697. The lowest BCUT2D eigenvalue weighted by Crippen LogP contribution is -2.43. The van der Waals surface area contributed by atoms with Crippen molar-refractivity contribution in [3.63, 3.8) is 0 Å². The molecule has 0 aliphatic carbocycles. The number of hydrogen-bond acceptors (Lipinski definition) is 5. The monoisotopic (exact) mass is 315 g/mol. The van der Waals surface area contributed by atoms with Gasteiger partial charge in [-0.2, -0.15) is 0 Å². The summed E-state index contributed by atoms with van der Waals surface area (Å²) in [4.78, 5) is 25.2. The van der Waals surface area contributed by atoms with E-state index in [1.807, 2.05) is 53.8 Å². The standard InChI is InChI=1S/C16H21N5O2/c1-19(2)15-14(17-6-7-18-15)13-11-21(9-10-23-13)16(22)12-5-4-8-20(12)3/h4-8,13H,9-11H2,1-3H3. The fraction of sp³-hybridized carbons (Fsp3) is 0.438. The Hall–Kier alpha value is -2.41. The summed E-state index contributed by atoms with van der Waals surface area (Å²) in [5, 5.41) is 0. The number of amides is 1. The van der Waals surface area contributed by atoms with Gasteiger partial charge in [0.1, 0.15) is 17.5 Å². The number of aromatic nitrogens is 3. The van der Waals surface area contributed by atoms with Crippen molar-refractivity contribution in [2.24, 2.45) is 7.05 Å². The zero-order valence-corrected chi connectivity index (χ0v) is 13.6. The summed E-state index contributed by atoms with van der Waals surface area (Å²) in [7, 11) is 5.71. The van der Waals surface area contributed by atoms with E-state index in [-0.39, 0.29) is 12.0 Å². The first-order valence-corrected chi connectivity index (χ1v) is 7.58. The van der Waals surface area contributed by atoms with Gasteiger partial charge in [0.25, 0.3) is 5.91 Å². The Kier molecular flexibility index (Phi) is 4.29. The minimum atomic E-state index is -0.265. The second-order valence-corrected chi connectivity index (χ2v) is 5.77. The van der Waals surface area contributed by atoms with Crippen molar-refractivity contribution < 1.29 is 9.53 Å². The van der Waals surface area contributed by atoms with Crippen LogP contribution in [0.3, 0.4) is 0 Å². The van der Waals surface area contributed by atoms with E-state index in [2.05, 4.69) is 9.97 Å². The van der Waals surface area contributed by atoms with Crippen molar-refractivity contribution in [1.29, 1.82) is 0 Å². The van der Waals surface area contributed by atoms with Gasteiger partial charge in [0.05, 0.1) is 13.2 Å². The lowest BCUT2D eigenvalue weighted by Gasteiger charge is -2.33. The Morgan fingerprint density at radius 2 is 2.13 bits per heavy atom. The second-order valence-electron chi connectivity index (χ2n) is 5.77. The van der Waals surface area contributed by atoms with Crippen LogP contribution in [0.4, 0.5) is 5.82 Å². The molecular weight excluding hydrogens is 294 g/mol. The van der Waals surface area contributed by atoms with Crippen LogP contribution in [-0.4, -0.2) is 59.1 Å². The average Bonchev–Trinajstić information content (AvgIpc) is 3.00. The van der Waals surface area contributed by atoms with Crippen LogP contribution in [0, 0.1) is 0 Å². The van der Waals surface area contributed by atoms with Gasteiger partial charge in [-0.25, -0.2) is 4.98 Å². The van der Waals surface area contributed by atoms with E-state index >= 15 is 0 Å². The van der Waals surface area contributed by atoms with E-state index in [1.54, 1.807) is 12.4 Å². The molecule has 1 saturated heterocycles. The molecule has 122 valence electrons. The number of anilines is 1. The summed E-state index contributed by atoms with van der Waals surface area (Å²) in [6, 6.07) is 3.71. The van der Waals surface area contributed by atoms with E-state index in [0.29, 0.717) is 25.4 Å². The van der Waals surface area contributed by atoms with Crippen LogP contribution in [0.5, 0.6) is 0 Å². The van der Waals surface area contributed by atoms with Crippen LogP contribution in [0.15, 0.2) is 30.7 Å². The summed E-state index contributed by atoms with van der Waals surface area (Å²) in [5.41, 5.74) is 1.44. The molecule has 2 aromatic heterocycles. The number of aryl methyl sites for hydroxylation is 1. The molecule has 0 bridgehead atoms. The lowest BCUT2D eigenvalue weighted by atomic mass is 10.1. The van der Waals surface area contributed by atoms with Crippen molar-refractivity contribution in [3.8, 4) is 0 Å². The molecule has 0 saturated carbocycles. The molecule has 3 rings (SSSR count). The molecule has 0 spiro atoms. The zero-order valence-electron chi connectivity index (χ0n) is 13.6. The van der Waals surface area contributed by atoms with Gasteiger partial charge >= 0.3 is 0 Å². The Morgan fingerprint density at radius 1 is 1.35 bits per heavy atom. The molecule has 0 radical (unpaired) electrons. The third kappa shape index (κ3) is 3.05. The van der Waals surface area contributed by atoms with Gasteiger partial charge in [0, 0.05) is 46.3 Å². The molecule has 23 heavy (non-hydrogen) atoms. The maximum absolute atomic E-state index is 12.7. The van der Waals surface area contributed by atoms with Gasteiger partial charge in [0.15, 0.2) is 5.82 Å². The quantitative estimate of drug-likeness (QED) is 0.848. The summed E-state index contributed by atoms with van der Waals surface area (Å²) < 4.78 is 7.69. The van der Waals surface area contributed by atoms with Crippen molar-refractivity contribution >= 4 is 11.7 Å². The van der Waals surface area contributed by atoms with E-state index in [0.717, 1.165) is 11.5 Å². The second kappa shape index (κ2) is 6.37. The highest BCUT2D eigenvalue weighted by atomic mass is 16.5.